The number of para-hydroxylation sites is 1. The number of benzene rings is 1. The highest BCUT2D eigenvalue weighted by Crippen LogP contribution is 2.41. The fourth-order valence-corrected chi connectivity index (χ4v) is 3.84. The number of carboxylic acid groups (broad SMARTS) is 1. The zero-order valence-corrected chi connectivity index (χ0v) is 15.5. The van der Waals surface area contributed by atoms with Crippen molar-refractivity contribution in [1.82, 2.24) is 4.90 Å². The standard InChI is InChI=1S/C20H27NO5/c1-20(2)12-14-6-5-8-16(19(14)26-20)25-13-17(22)21-11-4-3-7-15(21)9-10-18(23)24/h5-6,8,15H,3-4,7,9-13H2,1-2H3,(H,23,24). The van der Waals surface area contributed by atoms with E-state index in [9.17, 15) is 9.59 Å². The fourth-order valence-electron chi connectivity index (χ4n) is 3.84. The molecule has 142 valence electrons. The number of carbonyl (C=O) groups is 2. The smallest absolute Gasteiger partial charge is 0.303 e. The Morgan fingerprint density at radius 2 is 2.15 bits per heavy atom. The molecule has 2 heterocycles. The van der Waals surface area contributed by atoms with Crippen molar-refractivity contribution in [3.8, 4) is 11.5 Å². The molecule has 0 radical (unpaired) electrons. The maximum atomic E-state index is 12.7. The molecule has 1 aromatic carbocycles. The van der Waals surface area contributed by atoms with E-state index in [1.807, 2.05) is 32.0 Å². The molecule has 1 saturated heterocycles. The summed E-state index contributed by atoms with van der Waals surface area (Å²) < 4.78 is 11.8. The van der Waals surface area contributed by atoms with E-state index in [1.54, 1.807) is 4.90 Å². The predicted octanol–water partition coefficient (Wildman–Crippen LogP) is 3.02. The lowest BCUT2D eigenvalue weighted by atomic mass is 9.98. The van der Waals surface area contributed by atoms with E-state index in [1.165, 1.54) is 0 Å². The molecule has 2 aliphatic heterocycles. The average molecular weight is 361 g/mol. The molecular weight excluding hydrogens is 334 g/mol. The Kier molecular flexibility index (Phi) is 5.39. The molecule has 1 aromatic rings. The maximum Gasteiger partial charge on any atom is 0.303 e. The molecule has 0 aromatic heterocycles. The van der Waals surface area contributed by atoms with Gasteiger partial charge in [-0.3, -0.25) is 9.59 Å². The molecular formula is C20H27NO5. The Morgan fingerprint density at radius 1 is 1.35 bits per heavy atom. The number of likely N-dealkylation sites (tertiary alicyclic amines) is 1. The summed E-state index contributed by atoms with van der Waals surface area (Å²) in [7, 11) is 0. The second kappa shape index (κ2) is 7.56. The number of carboxylic acids is 1. The molecule has 1 atom stereocenters. The Balaban J connectivity index is 1.62. The second-order valence-corrected chi connectivity index (χ2v) is 7.74. The van der Waals surface area contributed by atoms with E-state index < -0.39 is 5.97 Å². The highest BCUT2D eigenvalue weighted by Gasteiger charge is 2.33. The normalized spacial score (nSPS) is 21.0. The summed E-state index contributed by atoms with van der Waals surface area (Å²) in [6.07, 6.45) is 4.24. The van der Waals surface area contributed by atoms with E-state index in [0.717, 1.165) is 37.0 Å². The van der Waals surface area contributed by atoms with E-state index in [2.05, 4.69) is 0 Å². The Morgan fingerprint density at radius 3 is 2.92 bits per heavy atom. The van der Waals surface area contributed by atoms with E-state index in [0.29, 0.717) is 18.7 Å². The molecule has 2 aliphatic rings. The van der Waals surface area contributed by atoms with Crippen LogP contribution < -0.4 is 9.47 Å². The van der Waals surface area contributed by atoms with Gasteiger partial charge in [0.25, 0.3) is 5.91 Å². The molecule has 0 spiro atoms. The van der Waals surface area contributed by atoms with Gasteiger partial charge in [0.1, 0.15) is 5.60 Å². The number of hydrogen-bond donors (Lipinski definition) is 1. The second-order valence-electron chi connectivity index (χ2n) is 7.74. The molecule has 6 nitrogen and oxygen atoms in total. The van der Waals surface area contributed by atoms with Crippen LogP contribution in [-0.4, -0.2) is 46.7 Å². The summed E-state index contributed by atoms with van der Waals surface area (Å²) >= 11 is 0. The van der Waals surface area contributed by atoms with Gasteiger partial charge in [0.2, 0.25) is 0 Å². The first-order chi connectivity index (χ1) is 12.4. The van der Waals surface area contributed by atoms with Crippen LogP contribution in [0.1, 0.15) is 51.5 Å². The van der Waals surface area contributed by atoms with Crippen LogP contribution in [0, 0.1) is 0 Å². The van der Waals surface area contributed by atoms with Crippen molar-refractivity contribution in [2.24, 2.45) is 0 Å². The largest absolute Gasteiger partial charge is 0.483 e. The van der Waals surface area contributed by atoms with E-state index in [4.69, 9.17) is 14.6 Å². The molecule has 1 N–H and O–H groups in total. The van der Waals surface area contributed by atoms with Gasteiger partial charge in [0.15, 0.2) is 18.1 Å². The minimum Gasteiger partial charge on any atom is -0.483 e. The van der Waals surface area contributed by atoms with Gasteiger partial charge >= 0.3 is 5.97 Å². The van der Waals surface area contributed by atoms with Crippen molar-refractivity contribution in [3.05, 3.63) is 23.8 Å². The van der Waals surface area contributed by atoms with Gasteiger partial charge in [-0.25, -0.2) is 0 Å². The third-order valence-corrected chi connectivity index (χ3v) is 5.05. The number of aliphatic carboxylic acids is 1. The summed E-state index contributed by atoms with van der Waals surface area (Å²) in [5, 5.41) is 8.91. The molecule has 0 bridgehead atoms. The summed E-state index contributed by atoms with van der Waals surface area (Å²) in [5.74, 6) is 0.417. The number of piperidine rings is 1. The van der Waals surface area contributed by atoms with Crippen molar-refractivity contribution in [1.29, 1.82) is 0 Å². The monoisotopic (exact) mass is 361 g/mol. The molecule has 26 heavy (non-hydrogen) atoms. The summed E-state index contributed by atoms with van der Waals surface area (Å²) in [4.78, 5) is 25.3. The van der Waals surface area contributed by atoms with Crippen LogP contribution in [0.5, 0.6) is 11.5 Å². The summed E-state index contributed by atoms with van der Waals surface area (Å²) in [5.41, 5.74) is 0.831. The van der Waals surface area contributed by atoms with Crippen LogP contribution in [0.3, 0.4) is 0 Å². The highest BCUT2D eigenvalue weighted by atomic mass is 16.5. The molecule has 1 amide bonds. The average Bonchev–Trinajstić information content (AvgIpc) is 2.92. The van der Waals surface area contributed by atoms with E-state index in [-0.39, 0.29) is 30.6 Å². The Labute approximate surface area is 154 Å². The number of rotatable bonds is 6. The Bertz CT molecular complexity index is 685. The molecule has 3 rings (SSSR count). The lowest BCUT2D eigenvalue weighted by molar-refractivity contribution is -0.141. The first-order valence-electron chi connectivity index (χ1n) is 9.31. The molecule has 0 aliphatic carbocycles. The van der Waals surface area contributed by atoms with Crippen LogP contribution in [0.15, 0.2) is 18.2 Å². The molecule has 6 heteroatoms. The zero-order valence-electron chi connectivity index (χ0n) is 15.5. The Hall–Kier alpha value is -2.24. The topological polar surface area (TPSA) is 76.1 Å². The van der Waals surface area contributed by atoms with Crippen molar-refractivity contribution in [3.63, 3.8) is 0 Å². The summed E-state index contributed by atoms with van der Waals surface area (Å²) in [6, 6.07) is 5.75. The third-order valence-electron chi connectivity index (χ3n) is 5.05. The zero-order chi connectivity index (χ0) is 18.7. The van der Waals surface area contributed by atoms with Gasteiger partial charge in [-0.05, 0) is 45.6 Å². The van der Waals surface area contributed by atoms with E-state index >= 15 is 0 Å². The number of ether oxygens (including phenoxy) is 2. The van der Waals surface area contributed by atoms with Gasteiger partial charge < -0.3 is 19.5 Å². The highest BCUT2D eigenvalue weighted by molar-refractivity contribution is 5.78. The molecule has 0 saturated carbocycles. The number of hydrogen-bond acceptors (Lipinski definition) is 4. The van der Waals surface area contributed by atoms with Crippen LogP contribution >= 0.6 is 0 Å². The third kappa shape index (κ3) is 4.29. The summed E-state index contributed by atoms with van der Waals surface area (Å²) in [6.45, 7) is 4.68. The predicted molar refractivity (Wildman–Crippen MR) is 96.6 cm³/mol. The van der Waals surface area contributed by atoms with Crippen molar-refractivity contribution in [2.45, 2.75) is 64.0 Å². The van der Waals surface area contributed by atoms with Crippen LogP contribution in [0.25, 0.3) is 0 Å². The fraction of sp³-hybridized carbons (Fsp3) is 0.600. The van der Waals surface area contributed by atoms with Crippen LogP contribution in [-0.2, 0) is 16.0 Å². The van der Waals surface area contributed by atoms with Crippen LogP contribution in [0.2, 0.25) is 0 Å². The van der Waals surface area contributed by atoms with Crippen LogP contribution in [0.4, 0.5) is 0 Å². The van der Waals surface area contributed by atoms with Crippen molar-refractivity contribution < 1.29 is 24.2 Å². The minimum atomic E-state index is -0.821. The van der Waals surface area contributed by atoms with Gasteiger partial charge in [-0.15, -0.1) is 0 Å². The lowest BCUT2D eigenvalue weighted by Gasteiger charge is -2.35. The van der Waals surface area contributed by atoms with Gasteiger partial charge in [-0.2, -0.15) is 0 Å². The number of amides is 1. The van der Waals surface area contributed by atoms with Gasteiger partial charge in [0.05, 0.1) is 0 Å². The lowest BCUT2D eigenvalue weighted by Crippen LogP contribution is -2.46. The maximum absolute atomic E-state index is 12.7. The van der Waals surface area contributed by atoms with Gasteiger partial charge in [-0.1, -0.05) is 12.1 Å². The SMILES string of the molecule is CC1(C)Cc2cccc(OCC(=O)N3CCCCC3CCC(=O)O)c2O1. The van der Waals surface area contributed by atoms with Gasteiger partial charge in [0, 0.05) is 31.0 Å². The number of carbonyl (C=O) groups excluding carboxylic acids is 1. The quantitative estimate of drug-likeness (QED) is 0.843. The molecule has 1 unspecified atom stereocenters. The first-order valence-corrected chi connectivity index (χ1v) is 9.31. The number of fused-ring (bicyclic) bond motifs is 1. The minimum absolute atomic E-state index is 0.00683. The number of nitrogens with zero attached hydrogens (tertiary/aromatic N) is 1. The first kappa shape index (κ1) is 18.5. The van der Waals surface area contributed by atoms with Crippen molar-refractivity contribution >= 4 is 11.9 Å². The molecule has 1 fully saturated rings. The van der Waals surface area contributed by atoms with Crippen molar-refractivity contribution in [2.75, 3.05) is 13.2 Å².